The lowest BCUT2D eigenvalue weighted by atomic mass is 10.1. The van der Waals surface area contributed by atoms with Crippen molar-refractivity contribution >= 4 is 32.8 Å². The summed E-state index contributed by atoms with van der Waals surface area (Å²) in [6.45, 7) is 1.54. The number of benzene rings is 2. The molecule has 12 heteroatoms. The Bertz CT molecular complexity index is 1070. The number of sulfone groups is 1. The van der Waals surface area contributed by atoms with Crippen LogP contribution in [0.1, 0.15) is 12.5 Å². The number of nitro groups is 1. The fourth-order valence-electron chi connectivity index (χ4n) is 2.71. The first-order valence-electron chi connectivity index (χ1n) is 8.57. The van der Waals surface area contributed by atoms with Crippen LogP contribution in [-0.4, -0.2) is 38.3 Å². The number of hydrogen-bond donors (Lipinski definition) is 1. The zero-order valence-electron chi connectivity index (χ0n) is 15.9. The fraction of sp³-hybridized carbons (Fsp3) is 0.278. The molecule has 0 aliphatic rings. The Kier molecular flexibility index (Phi) is 6.70. The Labute approximate surface area is 170 Å². The number of hydrogen-bond acceptors (Lipinski definition) is 6. The highest BCUT2D eigenvalue weighted by Crippen LogP contribution is 2.35. The summed E-state index contributed by atoms with van der Waals surface area (Å²) >= 11 is 0. The first-order valence-corrected chi connectivity index (χ1v) is 10.1. The largest absolute Gasteiger partial charge is 0.501 e. The van der Waals surface area contributed by atoms with Crippen LogP contribution in [0.2, 0.25) is 0 Å². The summed E-state index contributed by atoms with van der Waals surface area (Å²) in [6, 6.07) is 8.86. The molecule has 30 heavy (non-hydrogen) atoms. The highest BCUT2D eigenvalue weighted by atomic mass is 32.2. The summed E-state index contributed by atoms with van der Waals surface area (Å²) in [5.41, 5.74) is -5.23. The van der Waals surface area contributed by atoms with E-state index in [2.05, 4.69) is 5.32 Å². The number of aryl methyl sites for hydroxylation is 1. The van der Waals surface area contributed by atoms with Crippen LogP contribution in [0.5, 0.6) is 0 Å². The van der Waals surface area contributed by atoms with E-state index in [4.69, 9.17) is 0 Å². The molecule has 0 heterocycles. The Hall–Kier alpha value is -3.15. The number of nitro benzene ring substituents is 1. The number of likely N-dealkylation sites (N-methyl/N-ethyl adjacent to an activating group) is 1. The second-order valence-corrected chi connectivity index (χ2v) is 8.21. The van der Waals surface area contributed by atoms with Gasteiger partial charge in [-0.05, 0) is 30.2 Å². The number of nitrogens with zero attached hydrogens (tertiary/aromatic N) is 2. The third-order valence-electron chi connectivity index (χ3n) is 4.22. The zero-order valence-corrected chi connectivity index (χ0v) is 16.7. The Morgan fingerprint density at radius 1 is 1.20 bits per heavy atom. The van der Waals surface area contributed by atoms with Crippen molar-refractivity contribution in [2.45, 2.75) is 23.7 Å². The maximum Gasteiger partial charge on any atom is 0.501 e. The number of nitrogens with one attached hydrogen (secondary N) is 1. The molecule has 0 aliphatic carbocycles. The monoisotopic (exact) mass is 445 g/mol. The van der Waals surface area contributed by atoms with Crippen LogP contribution in [0.15, 0.2) is 47.4 Å². The quantitative estimate of drug-likeness (QED) is 0.516. The van der Waals surface area contributed by atoms with Gasteiger partial charge in [0.15, 0.2) is 0 Å². The SMILES string of the molecule is CCc1ccccc1NC(=O)CN(C)c1ccc(S(=O)(=O)C(F)(F)F)cc1[N+](=O)[O-]. The van der Waals surface area contributed by atoms with Crippen molar-refractivity contribution in [2.24, 2.45) is 0 Å². The molecule has 0 bridgehead atoms. The van der Waals surface area contributed by atoms with Crippen molar-refractivity contribution in [1.82, 2.24) is 0 Å². The number of carbonyl (C=O) groups excluding carboxylic acids is 1. The standard InChI is InChI=1S/C18H18F3N3O5S/c1-3-12-6-4-5-7-14(12)22-17(25)11-23(2)15-9-8-13(10-16(15)24(26)27)30(28,29)18(19,20)21/h4-10H,3,11H2,1-2H3,(H,22,25). The number of alkyl halides is 3. The van der Waals surface area contributed by atoms with Crippen molar-refractivity contribution in [3.8, 4) is 0 Å². The molecule has 8 nitrogen and oxygen atoms in total. The van der Waals surface area contributed by atoms with Crippen molar-refractivity contribution in [3.05, 3.63) is 58.1 Å². The number of para-hydroxylation sites is 1. The molecular formula is C18H18F3N3O5S. The van der Waals surface area contributed by atoms with E-state index in [9.17, 15) is 36.5 Å². The van der Waals surface area contributed by atoms with E-state index in [0.29, 0.717) is 24.2 Å². The van der Waals surface area contributed by atoms with Gasteiger partial charge in [0, 0.05) is 18.8 Å². The highest BCUT2D eigenvalue weighted by molar-refractivity contribution is 7.92. The van der Waals surface area contributed by atoms with Crippen molar-refractivity contribution in [2.75, 3.05) is 23.8 Å². The van der Waals surface area contributed by atoms with Crippen LogP contribution in [0, 0.1) is 10.1 Å². The molecule has 0 aliphatic heterocycles. The first-order chi connectivity index (χ1) is 13.9. The van der Waals surface area contributed by atoms with E-state index < -0.39 is 36.8 Å². The molecule has 0 saturated carbocycles. The van der Waals surface area contributed by atoms with Gasteiger partial charge >= 0.3 is 5.51 Å². The second-order valence-electron chi connectivity index (χ2n) is 6.27. The molecule has 2 aromatic carbocycles. The van der Waals surface area contributed by atoms with E-state index in [1.165, 1.54) is 7.05 Å². The third-order valence-corrected chi connectivity index (χ3v) is 5.71. The summed E-state index contributed by atoms with van der Waals surface area (Å²) < 4.78 is 61.2. The van der Waals surface area contributed by atoms with Gasteiger partial charge in [-0.1, -0.05) is 25.1 Å². The van der Waals surface area contributed by atoms with Crippen LogP contribution in [0.3, 0.4) is 0 Å². The number of rotatable bonds is 7. The molecule has 0 saturated heterocycles. The predicted molar refractivity (Wildman–Crippen MR) is 104 cm³/mol. The third kappa shape index (κ3) is 4.87. The Morgan fingerprint density at radius 2 is 1.83 bits per heavy atom. The van der Waals surface area contributed by atoms with Gasteiger partial charge in [-0.2, -0.15) is 13.2 Å². The summed E-state index contributed by atoms with van der Waals surface area (Å²) in [4.78, 5) is 22.5. The zero-order chi connectivity index (χ0) is 22.7. The predicted octanol–water partition coefficient (Wildman–Crippen LogP) is 3.53. The second kappa shape index (κ2) is 8.69. The average Bonchev–Trinajstić information content (AvgIpc) is 2.66. The minimum absolute atomic E-state index is 0.208. The van der Waals surface area contributed by atoms with Gasteiger partial charge in [-0.25, -0.2) is 8.42 Å². The van der Waals surface area contributed by atoms with Crippen LogP contribution < -0.4 is 10.2 Å². The maximum atomic E-state index is 12.7. The summed E-state index contributed by atoms with van der Waals surface area (Å²) in [5, 5.41) is 14.0. The molecule has 0 fully saturated rings. The van der Waals surface area contributed by atoms with E-state index in [1.807, 2.05) is 13.0 Å². The minimum Gasteiger partial charge on any atom is -0.360 e. The van der Waals surface area contributed by atoms with Crippen molar-refractivity contribution in [3.63, 3.8) is 0 Å². The highest BCUT2D eigenvalue weighted by Gasteiger charge is 2.47. The van der Waals surface area contributed by atoms with Gasteiger partial charge in [-0.3, -0.25) is 14.9 Å². The number of anilines is 2. The minimum atomic E-state index is -5.75. The van der Waals surface area contributed by atoms with E-state index in [-0.39, 0.29) is 12.2 Å². The molecule has 0 radical (unpaired) electrons. The summed E-state index contributed by atoms with van der Waals surface area (Å²) in [5.74, 6) is -0.514. The maximum absolute atomic E-state index is 12.7. The smallest absolute Gasteiger partial charge is 0.360 e. The molecule has 2 rings (SSSR count). The Morgan fingerprint density at radius 3 is 2.40 bits per heavy atom. The number of halogens is 3. The summed E-state index contributed by atoms with van der Waals surface area (Å²) in [6.07, 6.45) is 0.660. The lowest BCUT2D eigenvalue weighted by molar-refractivity contribution is -0.384. The average molecular weight is 445 g/mol. The molecule has 0 atom stereocenters. The molecular weight excluding hydrogens is 427 g/mol. The van der Waals surface area contributed by atoms with Crippen molar-refractivity contribution in [1.29, 1.82) is 0 Å². The van der Waals surface area contributed by atoms with Crippen LogP contribution in [0.25, 0.3) is 0 Å². The molecule has 2 aromatic rings. The molecule has 0 unspecified atom stereocenters. The van der Waals surface area contributed by atoms with Gasteiger partial charge in [0.2, 0.25) is 5.91 Å². The van der Waals surface area contributed by atoms with E-state index in [0.717, 1.165) is 16.5 Å². The first kappa shape index (κ1) is 23.1. The number of carbonyl (C=O) groups is 1. The molecule has 1 N–H and O–H groups in total. The van der Waals surface area contributed by atoms with Crippen LogP contribution >= 0.6 is 0 Å². The van der Waals surface area contributed by atoms with Gasteiger partial charge in [0.1, 0.15) is 5.69 Å². The fourth-order valence-corrected chi connectivity index (χ4v) is 3.50. The van der Waals surface area contributed by atoms with Crippen molar-refractivity contribution < 1.29 is 31.3 Å². The van der Waals surface area contributed by atoms with Gasteiger partial charge < -0.3 is 10.2 Å². The normalized spacial score (nSPS) is 11.8. The lowest BCUT2D eigenvalue weighted by Crippen LogP contribution is -2.31. The number of amides is 1. The lowest BCUT2D eigenvalue weighted by Gasteiger charge is -2.20. The van der Waals surface area contributed by atoms with Gasteiger partial charge in [0.05, 0.1) is 16.4 Å². The van der Waals surface area contributed by atoms with Gasteiger partial charge in [0.25, 0.3) is 15.5 Å². The van der Waals surface area contributed by atoms with Crippen LogP contribution in [-0.2, 0) is 21.1 Å². The van der Waals surface area contributed by atoms with E-state index in [1.54, 1.807) is 18.2 Å². The van der Waals surface area contributed by atoms with Crippen LogP contribution in [0.4, 0.5) is 30.2 Å². The molecule has 0 spiro atoms. The van der Waals surface area contributed by atoms with Gasteiger partial charge in [-0.15, -0.1) is 0 Å². The molecule has 0 aromatic heterocycles. The Balaban J connectivity index is 2.30. The molecule has 1 amide bonds. The topological polar surface area (TPSA) is 110 Å². The summed E-state index contributed by atoms with van der Waals surface area (Å²) in [7, 11) is -4.42. The van der Waals surface area contributed by atoms with E-state index >= 15 is 0 Å². The molecule has 162 valence electrons.